The highest BCUT2D eigenvalue weighted by Gasteiger charge is 2.84. The van der Waals surface area contributed by atoms with Gasteiger partial charge in [0.1, 0.15) is 17.8 Å². The maximum atomic E-state index is 13.6. The van der Waals surface area contributed by atoms with Crippen molar-refractivity contribution in [3.63, 3.8) is 0 Å². The summed E-state index contributed by atoms with van der Waals surface area (Å²) in [5, 5.41) is 22.4. The second kappa shape index (κ2) is 8.11. The first-order valence-electron chi connectivity index (χ1n) is 14.0. The molecule has 2 heterocycles. The van der Waals surface area contributed by atoms with E-state index in [9.17, 15) is 19.8 Å². The SMILES string of the molecule is CC(C)C1=C[C@H]2C[C@]3(C=O)[C@@H]4CC[C@@H](C)[C@H]4CC2(CO[C@@H]2O[C@H](C)[C@H]4OC[C@H](C)[C@H]4[C@@H]2O)C13C(=O)O. The van der Waals surface area contributed by atoms with Gasteiger partial charge in [0.2, 0.25) is 0 Å². The lowest BCUT2D eigenvalue weighted by molar-refractivity contribution is -0.289. The molecule has 4 bridgehead atoms. The van der Waals surface area contributed by atoms with Crippen molar-refractivity contribution in [2.45, 2.75) is 84.9 Å². The van der Waals surface area contributed by atoms with Crippen LogP contribution in [0.15, 0.2) is 11.6 Å². The number of hydrogen-bond acceptors (Lipinski definition) is 6. The second-order valence-electron chi connectivity index (χ2n) is 13.3. The molecular formula is C29H42O7. The third-order valence-electron chi connectivity index (χ3n) is 11.7. The molecule has 2 N–H and O–H groups in total. The molecule has 7 heteroatoms. The molecule has 36 heavy (non-hydrogen) atoms. The highest BCUT2D eigenvalue weighted by molar-refractivity contribution is 5.90. The number of ether oxygens (including phenoxy) is 3. The largest absolute Gasteiger partial charge is 0.481 e. The number of aliphatic hydroxyl groups is 1. The lowest BCUT2D eigenvalue weighted by atomic mass is 9.43. The number of aliphatic carboxylic acids is 1. The Hall–Kier alpha value is -1.28. The number of fused-ring (bicyclic) bond motifs is 3. The summed E-state index contributed by atoms with van der Waals surface area (Å²) in [5.41, 5.74) is -2.01. The zero-order chi connectivity index (χ0) is 25.8. The normalized spacial score (nSPS) is 54.9. The van der Waals surface area contributed by atoms with E-state index < -0.39 is 34.6 Å². The number of carboxylic acids is 1. The molecule has 6 rings (SSSR count). The molecule has 0 radical (unpaired) electrons. The van der Waals surface area contributed by atoms with E-state index in [4.69, 9.17) is 14.2 Å². The third kappa shape index (κ3) is 2.73. The van der Waals surface area contributed by atoms with Crippen molar-refractivity contribution in [2.75, 3.05) is 13.2 Å². The maximum Gasteiger partial charge on any atom is 0.315 e. The first-order valence-corrected chi connectivity index (χ1v) is 14.0. The molecule has 0 aromatic heterocycles. The van der Waals surface area contributed by atoms with Crippen LogP contribution in [-0.2, 0) is 23.8 Å². The maximum absolute atomic E-state index is 13.6. The molecule has 0 spiro atoms. The summed E-state index contributed by atoms with van der Waals surface area (Å²) in [6, 6.07) is 0. The predicted molar refractivity (Wildman–Crippen MR) is 131 cm³/mol. The Bertz CT molecular complexity index is 977. The van der Waals surface area contributed by atoms with Gasteiger partial charge < -0.3 is 29.2 Å². The molecule has 5 fully saturated rings. The predicted octanol–water partition coefficient (Wildman–Crippen LogP) is 3.68. The van der Waals surface area contributed by atoms with Gasteiger partial charge in [-0.1, -0.05) is 45.8 Å². The van der Waals surface area contributed by atoms with Gasteiger partial charge in [0.15, 0.2) is 6.29 Å². The number of aldehydes is 1. The van der Waals surface area contributed by atoms with Crippen LogP contribution in [0.4, 0.5) is 0 Å². The minimum Gasteiger partial charge on any atom is -0.481 e. The minimum atomic E-state index is -1.27. The number of carbonyl (C=O) groups excluding carboxylic acids is 1. The van der Waals surface area contributed by atoms with Crippen molar-refractivity contribution in [2.24, 2.45) is 57.7 Å². The van der Waals surface area contributed by atoms with Gasteiger partial charge >= 0.3 is 5.97 Å². The van der Waals surface area contributed by atoms with Crippen LogP contribution < -0.4 is 0 Å². The molecule has 0 amide bonds. The smallest absolute Gasteiger partial charge is 0.315 e. The number of allylic oxidation sites excluding steroid dienone is 1. The molecule has 2 unspecified atom stereocenters. The molecule has 4 aliphatic carbocycles. The number of aliphatic hydroxyl groups excluding tert-OH is 1. The fourth-order valence-corrected chi connectivity index (χ4v) is 10.3. The highest BCUT2D eigenvalue weighted by atomic mass is 16.7. The third-order valence-corrected chi connectivity index (χ3v) is 11.7. The van der Waals surface area contributed by atoms with Crippen LogP contribution in [0, 0.1) is 57.7 Å². The van der Waals surface area contributed by atoms with Gasteiger partial charge in [-0.3, -0.25) is 4.79 Å². The Kier molecular flexibility index (Phi) is 5.64. The summed E-state index contributed by atoms with van der Waals surface area (Å²) < 4.78 is 18.5. The number of hydrogen-bond donors (Lipinski definition) is 2. The summed E-state index contributed by atoms with van der Waals surface area (Å²) in [6.07, 6.45) is 4.43. The standard InChI is InChI=1S/C29H42O7/c1-14(2)21-8-18-9-27(12-30)20-7-6-15(3)19(20)10-28(18,29(21,27)26(32)33)13-35-25-23(31)22-16(4)11-34-24(22)17(5)36-25/h8,12,14-20,22-25,31H,6-7,9-11,13H2,1-5H3,(H,32,33)/t15-,16+,17-,18+,19-,20-,22+,23+,24-,25-,27+,28?,29?/m1/s1. The monoisotopic (exact) mass is 502 g/mol. The number of carboxylic acid groups (broad SMARTS) is 1. The Morgan fingerprint density at radius 3 is 2.64 bits per heavy atom. The lowest BCUT2D eigenvalue weighted by Crippen LogP contribution is -2.64. The molecule has 2 aliphatic heterocycles. The second-order valence-corrected chi connectivity index (χ2v) is 13.3. The fourth-order valence-electron chi connectivity index (χ4n) is 10.3. The Labute approximate surface area is 213 Å². The van der Waals surface area contributed by atoms with E-state index in [2.05, 4.69) is 19.9 Å². The summed E-state index contributed by atoms with van der Waals surface area (Å²) in [7, 11) is 0. The highest BCUT2D eigenvalue weighted by Crippen LogP contribution is 2.82. The topological polar surface area (TPSA) is 102 Å². The first kappa shape index (κ1) is 25.0. The molecule has 6 aliphatic rings. The Morgan fingerprint density at radius 1 is 1.22 bits per heavy atom. The van der Waals surface area contributed by atoms with Gasteiger partial charge in [0.25, 0.3) is 0 Å². The van der Waals surface area contributed by atoms with Gasteiger partial charge in [-0.05, 0) is 61.7 Å². The van der Waals surface area contributed by atoms with Crippen molar-refractivity contribution in [1.82, 2.24) is 0 Å². The van der Waals surface area contributed by atoms with Gasteiger partial charge in [-0.2, -0.15) is 0 Å². The van der Waals surface area contributed by atoms with Crippen LogP contribution in [0.25, 0.3) is 0 Å². The van der Waals surface area contributed by atoms with Gasteiger partial charge in [-0.15, -0.1) is 0 Å². The van der Waals surface area contributed by atoms with Crippen molar-refractivity contribution in [1.29, 1.82) is 0 Å². The van der Waals surface area contributed by atoms with Crippen LogP contribution in [0.5, 0.6) is 0 Å². The molecule has 200 valence electrons. The van der Waals surface area contributed by atoms with E-state index in [-0.39, 0.29) is 48.4 Å². The summed E-state index contributed by atoms with van der Waals surface area (Å²) in [5.74, 6) is 0.0776. The fraction of sp³-hybridized carbons (Fsp3) is 0.862. The van der Waals surface area contributed by atoms with E-state index in [0.29, 0.717) is 24.9 Å². The van der Waals surface area contributed by atoms with E-state index in [0.717, 1.165) is 31.1 Å². The minimum absolute atomic E-state index is 0.0225. The molecular weight excluding hydrogens is 460 g/mol. The Morgan fingerprint density at radius 2 is 1.97 bits per heavy atom. The average Bonchev–Trinajstić information content (AvgIpc) is 3.53. The molecule has 7 nitrogen and oxygen atoms in total. The summed E-state index contributed by atoms with van der Waals surface area (Å²) >= 11 is 0. The van der Waals surface area contributed by atoms with Crippen LogP contribution >= 0.6 is 0 Å². The van der Waals surface area contributed by atoms with E-state index >= 15 is 0 Å². The van der Waals surface area contributed by atoms with Gasteiger partial charge in [0.05, 0.1) is 30.8 Å². The van der Waals surface area contributed by atoms with Crippen LogP contribution in [0.3, 0.4) is 0 Å². The molecule has 0 aromatic carbocycles. The van der Waals surface area contributed by atoms with Crippen LogP contribution in [0.2, 0.25) is 0 Å². The summed E-state index contributed by atoms with van der Waals surface area (Å²) in [4.78, 5) is 26.7. The van der Waals surface area contributed by atoms with Gasteiger partial charge in [0, 0.05) is 11.3 Å². The average molecular weight is 503 g/mol. The zero-order valence-corrected chi connectivity index (χ0v) is 22.2. The lowest BCUT2D eigenvalue weighted by Gasteiger charge is -2.58. The molecule has 13 atom stereocenters. The molecule has 3 saturated carbocycles. The number of rotatable bonds is 6. The van der Waals surface area contributed by atoms with E-state index in [1.165, 1.54) is 0 Å². The quantitative estimate of drug-likeness (QED) is 0.422. The molecule has 2 saturated heterocycles. The van der Waals surface area contributed by atoms with Gasteiger partial charge in [-0.25, -0.2) is 0 Å². The van der Waals surface area contributed by atoms with Crippen LogP contribution in [-0.4, -0.2) is 60.3 Å². The van der Waals surface area contributed by atoms with Crippen molar-refractivity contribution in [3.05, 3.63) is 11.6 Å². The van der Waals surface area contributed by atoms with Crippen LogP contribution in [0.1, 0.15) is 60.3 Å². The van der Waals surface area contributed by atoms with Crippen molar-refractivity contribution >= 4 is 12.3 Å². The van der Waals surface area contributed by atoms with E-state index in [1.54, 1.807) is 0 Å². The van der Waals surface area contributed by atoms with Crippen molar-refractivity contribution < 1.29 is 34.0 Å². The Balaban J connectivity index is 1.40. The first-order chi connectivity index (χ1) is 17.1. The zero-order valence-electron chi connectivity index (χ0n) is 22.2. The molecule has 0 aromatic rings. The van der Waals surface area contributed by atoms with Crippen molar-refractivity contribution in [3.8, 4) is 0 Å². The van der Waals surface area contributed by atoms with E-state index in [1.807, 2.05) is 20.8 Å². The number of carbonyl (C=O) groups is 2. The summed E-state index contributed by atoms with van der Waals surface area (Å²) in [6.45, 7) is 11.1.